The molecule has 0 bridgehead atoms. The largest absolute Gasteiger partial charge is 0.495 e. The molecule has 0 aromatic heterocycles. The molecule has 38 heavy (non-hydrogen) atoms. The number of carbonyl (C=O) groups excluding carboxylic acids is 1. The summed E-state index contributed by atoms with van der Waals surface area (Å²) in [6, 6.07) is 27.7. The van der Waals surface area contributed by atoms with Crippen molar-refractivity contribution in [3.63, 3.8) is 0 Å². The molecule has 196 valence electrons. The molecule has 0 radical (unpaired) electrons. The molecule has 0 atom stereocenters. The molecule has 7 nitrogen and oxygen atoms in total. The molecule has 0 saturated heterocycles. The lowest BCUT2D eigenvalue weighted by Crippen LogP contribution is -2.38. The normalized spacial score (nSPS) is 11.0. The number of hydrogen-bond acceptors (Lipinski definition) is 5. The minimum absolute atomic E-state index is 0.0392. The van der Waals surface area contributed by atoms with E-state index in [1.165, 1.54) is 13.2 Å². The highest BCUT2D eigenvalue weighted by Gasteiger charge is 2.30. The van der Waals surface area contributed by atoms with Crippen molar-refractivity contribution in [2.45, 2.75) is 18.4 Å². The van der Waals surface area contributed by atoms with Gasteiger partial charge in [-0.1, -0.05) is 48.0 Å². The van der Waals surface area contributed by atoms with Crippen LogP contribution in [0.3, 0.4) is 0 Å². The van der Waals surface area contributed by atoms with Crippen LogP contribution in [0, 0.1) is 6.92 Å². The molecule has 1 amide bonds. The first-order chi connectivity index (χ1) is 18.3. The lowest BCUT2D eigenvalue weighted by molar-refractivity contribution is -0.114. The molecular weight excluding hydrogens is 524 g/mol. The summed E-state index contributed by atoms with van der Waals surface area (Å²) >= 11 is 6.02. The van der Waals surface area contributed by atoms with Gasteiger partial charge in [-0.15, -0.1) is 0 Å². The van der Waals surface area contributed by atoms with Gasteiger partial charge in [0.1, 0.15) is 29.5 Å². The Bertz CT molecular complexity index is 1490. The van der Waals surface area contributed by atoms with E-state index in [9.17, 15) is 13.2 Å². The highest BCUT2D eigenvalue weighted by Crippen LogP contribution is 2.31. The average Bonchev–Trinajstić information content (AvgIpc) is 2.92. The number of sulfonamides is 1. The summed E-state index contributed by atoms with van der Waals surface area (Å²) in [5.74, 6) is 0.304. The van der Waals surface area contributed by atoms with E-state index >= 15 is 0 Å². The van der Waals surface area contributed by atoms with E-state index in [1.54, 1.807) is 67.6 Å². The zero-order valence-electron chi connectivity index (χ0n) is 20.9. The molecule has 4 rings (SSSR count). The number of carbonyl (C=O) groups is 1. The SMILES string of the molecule is COc1ccc(C)cc1S(=O)(=O)N(CC(=O)Nc1ccc(OCc2ccccc2)cc1)c1ccc(Cl)cc1. The summed E-state index contributed by atoms with van der Waals surface area (Å²) < 4.78 is 39.7. The molecule has 0 aliphatic carbocycles. The first-order valence-corrected chi connectivity index (χ1v) is 13.6. The van der Waals surface area contributed by atoms with Gasteiger partial charge in [-0.25, -0.2) is 8.42 Å². The number of nitrogens with one attached hydrogen (secondary N) is 1. The van der Waals surface area contributed by atoms with Crippen LogP contribution in [0.1, 0.15) is 11.1 Å². The Morgan fingerprint density at radius 2 is 1.61 bits per heavy atom. The third-order valence-electron chi connectivity index (χ3n) is 5.68. The van der Waals surface area contributed by atoms with Gasteiger partial charge >= 0.3 is 0 Å². The molecule has 9 heteroatoms. The summed E-state index contributed by atoms with van der Waals surface area (Å²) in [7, 11) is -2.78. The smallest absolute Gasteiger partial charge is 0.268 e. The first kappa shape index (κ1) is 27.0. The Kier molecular flexibility index (Phi) is 8.55. The maximum Gasteiger partial charge on any atom is 0.268 e. The summed E-state index contributed by atoms with van der Waals surface area (Å²) in [6.45, 7) is 1.74. The number of methoxy groups -OCH3 is 1. The molecule has 0 unspecified atom stereocenters. The fourth-order valence-corrected chi connectivity index (χ4v) is 5.52. The second-order valence-corrected chi connectivity index (χ2v) is 10.8. The van der Waals surface area contributed by atoms with E-state index in [-0.39, 0.29) is 16.3 Å². The zero-order valence-corrected chi connectivity index (χ0v) is 22.5. The van der Waals surface area contributed by atoms with E-state index in [1.807, 2.05) is 30.3 Å². The topological polar surface area (TPSA) is 84.9 Å². The molecule has 0 spiro atoms. The van der Waals surface area contributed by atoms with Crippen molar-refractivity contribution >= 4 is 38.9 Å². The second kappa shape index (κ2) is 12.0. The maximum atomic E-state index is 13.8. The molecular formula is C29H27ClN2O5S. The van der Waals surface area contributed by atoms with E-state index < -0.39 is 22.5 Å². The van der Waals surface area contributed by atoms with Crippen LogP contribution in [0.25, 0.3) is 0 Å². The van der Waals surface area contributed by atoms with Crippen LogP contribution in [-0.4, -0.2) is 28.0 Å². The lowest BCUT2D eigenvalue weighted by atomic mass is 10.2. The fraction of sp³-hybridized carbons (Fsp3) is 0.138. The Hall–Kier alpha value is -4.01. The van der Waals surface area contributed by atoms with E-state index in [0.29, 0.717) is 23.1 Å². The third kappa shape index (κ3) is 6.65. The highest BCUT2D eigenvalue weighted by molar-refractivity contribution is 7.93. The van der Waals surface area contributed by atoms with E-state index in [2.05, 4.69) is 5.32 Å². The van der Waals surface area contributed by atoms with Crippen LogP contribution < -0.4 is 19.1 Å². The predicted molar refractivity (Wildman–Crippen MR) is 150 cm³/mol. The van der Waals surface area contributed by atoms with E-state index in [0.717, 1.165) is 15.4 Å². The number of anilines is 2. The molecule has 1 N–H and O–H groups in total. The summed E-state index contributed by atoms with van der Waals surface area (Å²) in [6.07, 6.45) is 0. The van der Waals surface area contributed by atoms with Crippen LogP contribution in [-0.2, 0) is 21.4 Å². The minimum Gasteiger partial charge on any atom is -0.495 e. The lowest BCUT2D eigenvalue weighted by Gasteiger charge is -2.25. The molecule has 4 aromatic rings. The van der Waals surface area contributed by atoms with Gasteiger partial charge in [0.25, 0.3) is 10.0 Å². The standard InChI is InChI=1S/C29H27ClN2O5S/c1-21-8-17-27(36-2)28(18-21)38(34,35)32(25-13-9-23(30)10-14-25)19-29(33)31-24-11-15-26(16-12-24)37-20-22-6-4-3-5-7-22/h3-18H,19-20H2,1-2H3,(H,31,33). The number of hydrogen-bond donors (Lipinski definition) is 1. The maximum absolute atomic E-state index is 13.8. The average molecular weight is 551 g/mol. The van der Waals surface area contributed by atoms with Crippen molar-refractivity contribution in [1.29, 1.82) is 0 Å². The van der Waals surface area contributed by atoms with Crippen LogP contribution in [0.5, 0.6) is 11.5 Å². The zero-order chi connectivity index (χ0) is 27.1. The number of amides is 1. The number of halogens is 1. The van der Waals surface area contributed by atoms with Crippen molar-refractivity contribution in [3.8, 4) is 11.5 Å². The number of nitrogens with zero attached hydrogens (tertiary/aromatic N) is 1. The van der Waals surface area contributed by atoms with Gasteiger partial charge < -0.3 is 14.8 Å². The number of rotatable bonds is 10. The van der Waals surface area contributed by atoms with Crippen molar-refractivity contribution < 1.29 is 22.7 Å². The minimum atomic E-state index is -4.18. The monoisotopic (exact) mass is 550 g/mol. The van der Waals surface area contributed by atoms with Crippen molar-refractivity contribution in [3.05, 3.63) is 113 Å². The van der Waals surface area contributed by atoms with Gasteiger partial charge in [-0.2, -0.15) is 0 Å². The van der Waals surface area contributed by atoms with Crippen LogP contribution in [0.4, 0.5) is 11.4 Å². The van der Waals surface area contributed by atoms with Crippen molar-refractivity contribution in [2.24, 2.45) is 0 Å². The highest BCUT2D eigenvalue weighted by atomic mass is 35.5. The predicted octanol–water partition coefficient (Wildman–Crippen LogP) is 6.07. The van der Waals surface area contributed by atoms with Crippen LogP contribution in [0.15, 0.2) is 102 Å². The van der Waals surface area contributed by atoms with Gasteiger partial charge in [0, 0.05) is 10.7 Å². The Labute approximate surface area is 227 Å². The molecule has 0 saturated carbocycles. The van der Waals surface area contributed by atoms with Crippen molar-refractivity contribution in [2.75, 3.05) is 23.3 Å². The first-order valence-electron chi connectivity index (χ1n) is 11.8. The summed E-state index contributed by atoms with van der Waals surface area (Å²) in [4.78, 5) is 13.0. The number of ether oxygens (including phenoxy) is 2. The number of benzene rings is 4. The van der Waals surface area contributed by atoms with Crippen molar-refractivity contribution in [1.82, 2.24) is 0 Å². The van der Waals surface area contributed by atoms with Crippen LogP contribution in [0.2, 0.25) is 5.02 Å². The molecule has 0 heterocycles. The van der Waals surface area contributed by atoms with Gasteiger partial charge in [0.2, 0.25) is 5.91 Å². The molecule has 0 fully saturated rings. The molecule has 4 aromatic carbocycles. The summed E-state index contributed by atoms with van der Waals surface area (Å²) in [5, 5.41) is 3.20. The summed E-state index contributed by atoms with van der Waals surface area (Å²) in [5.41, 5.74) is 2.57. The Balaban J connectivity index is 1.53. The van der Waals surface area contributed by atoms with E-state index in [4.69, 9.17) is 21.1 Å². The molecule has 0 aliphatic rings. The van der Waals surface area contributed by atoms with Gasteiger partial charge in [-0.3, -0.25) is 9.10 Å². The fourth-order valence-electron chi connectivity index (χ4n) is 3.73. The molecule has 0 aliphatic heterocycles. The van der Waals surface area contributed by atoms with Gasteiger partial charge in [0.05, 0.1) is 12.8 Å². The quantitative estimate of drug-likeness (QED) is 0.259. The van der Waals surface area contributed by atoms with Crippen LogP contribution >= 0.6 is 11.6 Å². The second-order valence-electron chi connectivity index (χ2n) is 8.49. The Morgan fingerprint density at radius 1 is 0.921 bits per heavy atom. The third-order valence-corrected chi connectivity index (χ3v) is 7.72. The van der Waals surface area contributed by atoms with Gasteiger partial charge in [-0.05, 0) is 78.7 Å². The van der Waals surface area contributed by atoms with Gasteiger partial charge in [0.15, 0.2) is 0 Å². The Morgan fingerprint density at radius 3 is 2.26 bits per heavy atom. The number of aryl methyl sites for hydroxylation is 1.